The molecular formula is C5H14NO3P. The Bertz CT molecular complexity index is 118. The van der Waals surface area contributed by atoms with Gasteiger partial charge in [-0.2, -0.15) is 0 Å². The molecule has 0 saturated heterocycles. The number of hydrogen-bond donors (Lipinski definition) is 1. The lowest BCUT2D eigenvalue weighted by Crippen LogP contribution is -2.03. The Labute approximate surface area is 61.2 Å². The quantitative estimate of drug-likeness (QED) is 0.498. The minimum absolute atomic E-state index is 0.370. The molecule has 1 atom stereocenters. The van der Waals surface area contributed by atoms with Gasteiger partial charge in [-0.15, -0.1) is 0 Å². The number of rotatable bonds is 5. The van der Waals surface area contributed by atoms with Crippen LogP contribution in [0.25, 0.3) is 0 Å². The lowest BCUT2D eigenvalue weighted by Gasteiger charge is -2.12. The summed E-state index contributed by atoms with van der Waals surface area (Å²) in [5, 5.41) is 0. The van der Waals surface area contributed by atoms with Gasteiger partial charge in [0.2, 0.25) is 0 Å². The van der Waals surface area contributed by atoms with E-state index in [-0.39, 0.29) is 0 Å². The molecule has 0 aromatic rings. The van der Waals surface area contributed by atoms with E-state index in [2.05, 4.69) is 4.62 Å². The third kappa shape index (κ3) is 3.32. The topological polar surface area (TPSA) is 61.5 Å². The lowest BCUT2D eigenvalue weighted by atomic mass is 10.6. The Morgan fingerprint density at radius 1 is 1.50 bits per heavy atom. The summed E-state index contributed by atoms with van der Waals surface area (Å²) in [6.45, 7) is 4.01. The molecule has 4 nitrogen and oxygen atoms in total. The van der Waals surface area contributed by atoms with Crippen LogP contribution in [0.5, 0.6) is 0 Å². The van der Waals surface area contributed by atoms with E-state index in [9.17, 15) is 4.57 Å². The predicted octanol–water partition coefficient (Wildman–Crippen LogP) is 1.52. The Balaban J connectivity index is 3.83. The van der Waals surface area contributed by atoms with Crippen molar-refractivity contribution in [2.75, 3.05) is 12.8 Å². The molecule has 0 saturated carbocycles. The van der Waals surface area contributed by atoms with Crippen molar-refractivity contribution in [1.29, 1.82) is 0 Å². The Morgan fingerprint density at radius 3 is 2.40 bits per heavy atom. The third-order valence-corrected chi connectivity index (χ3v) is 2.95. The molecule has 0 aliphatic rings. The molecule has 0 fully saturated rings. The predicted molar refractivity (Wildman–Crippen MR) is 39.7 cm³/mol. The van der Waals surface area contributed by atoms with Gasteiger partial charge < -0.3 is 4.52 Å². The Hall–Kier alpha value is 0.110. The van der Waals surface area contributed by atoms with Gasteiger partial charge in [0.05, 0.1) is 12.8 Å². The summed E-state index contributed by atoms with van der Waals surface area (Å²) in [7, 11) is -2.92. The summed E-state index contributed by atoms with van der Waals surface area (Å²) >= 11 is 0. The van der Waals surface area contributed by atoms with Crippen molar-refractivity contribution >= 4 is 7.60 Å². The molecule has 0 spiro atoms. The molecule has 0 heterocycles. The highest BCUT2D eigenvalue weighted by molar-refractivity contribution is 7.53. The minimum Gasteiger partial charge on any atom is -0.308 e. The first kappa shape index (κ1) is 10.1. The van der Waals surface area contributed by atoms with Crippen LogP contribution in [-0.4, -0.2) is 12.8 Å². The fourth-order valence-corrected chi connectivity index (χ4v) is 1.85. The van der Waals surface area contributed by atoms with Crippen molar-refractivity contribution in [2.45, 2.75) is 20.3 Å². The molecule has 1 unspecified atom stereocenters. The first-order valence-electron chi connectivity index (χ1n) is 3.30. The average molecular weight is 167 g/mol. The molecule has 5 heteroatoms. The highest BCUT2D eigenvalue weighted by Crippen LogP contribution is 2.46. The zero-order valence-electron chi connectivity index (χ0n) is 6.37. The van der Waals surface area contributed by atoms with Crippen LogP contribution in [0.3, 0.4) is 0 Å². The normalized spacial score (nSPS) is 16.7. The van der Waals surface area contributed by atoms with E-state index in [0.717, 1.165) is 6.42 Å². The summed E-state index contributed by atoms with van der Waals surface area (Å²) < 4.78 is 20.3. The van der Waals surface area contributed by atoms with Gasteiger partial charge in [-0.1, -0.05) is 6.92 Å². The van der Waals surface area contributed by atoms with Gasteiger partial charge in [-0.3, -0.25) is 4.57 Å². The maximum Gasteiger partial charge on any atom is 0.346 e. The molecule has 0 aromatic carbocycles. The molecule has 10 heavy (non-hydrogen) atoms. The van der Waals surface area contributed by atoms with Crippen molar-refractivity contribution in [3.8, 4) is 0 Å². The van der Waals surface area contributed by atoms with E-state index in [0.29, 0.717) is 12.8 Å². The second-order valence-corrected chi connectivity index (χ2v) is 4.00. The molecule has 0 aliphatic heterocycles. The molecule has 0 radical (unpaired) electrons. The summed E-state index contributed by atoms with van der Waals surface area (Å²) in [4.78, 5) is 0. The molecule has 0 bridgehead atoms. The fourth-order valence-electron chi connectivity index (χ4n) is 0.618. The zero-order chi connectivity index (χ0) is 8.04. The fraction of sp³-hybridized carbons (Fsp3) is 1.00. The molecule has 62 valence electrons. The summed E-state index contributed by atoms with van der Waals surface area (Å²) in [5.74, 6) is 4.79. The highest BCUT2D eigenvalue weighted by Gasteiger charge is 2.20. The van der Waals surface area contributed by atoms with Gasteiger partial charge in [0.15, 0.2) is 0 Å². The van der Waals surface area contributed by atoms with Crippen LogP contribution in [0.4, 0.5) is 0 Å². The van der Waals surface area contributed by atoms with Crippen LogP contribution >= 0.6 is 7.60 Å². The van der Waals surface area contributed by atoms with Gasteiger partial charge in [0, 0.05) is 0 Å². The zero-order valence-corrected chi connectivity index (χ0v) is 7.27. The Kier molecular flexibility index (Phi) is 4.91. The van der Waals surface area contributed by atoms with Gasteiger partial charge in [0.25, 0.3) is 0 Å². The summed E-state index contributed by atoms with van der Waals surface area (Å²) in [5.41, 5.74) is 0. The summed E-state index contributed by atoms with van der Waals surface area (Å²) in [6.07, 6.45) is 1.13. The maximum atomic E-state index is 11.2. The molecule has 0 rings (SSSR count). The van der Waals surface area contributed by atoms with E-state index in [1.807, 2.05) is 6.92 Å². The van der Waals surface area contributed by atoms with Crippen LogP contribution in [0.15, 0.2) is 0 Å². The third-order valence-electron chi connectivity index (χ3n) is 0.984. The molecular weight excluding hydrogens is 153 g/mol. The molecule has 2 N–H and O–H groups in total. The Morgan fingerprint density at radius 2 is 2.10 bits per heavy atom. The van der Waals surface area contributed by atoms with Crippen molar-refractivity contribution in [1.82, 2.24) is 0 Å². The highest BCUT2D eigenvalue weighted by atomic mass is 31.2. The molecule has 0 aliphatic carbocycles. The van der Waals surface area contributed by atoms with E-state index in [1.165, 1.54) is 0 Å². The number of nitrogens with two attached hydrogens (primary N) is 1. The van der Waals surface area contributed by atoms with Crippen molar-refractivity contribution in [3.05, 3.63) is 0 Å². The molecule has 0 aromatic heterocycles. The van der Waals surface area contributed by atoms with Crippen LogP contribution in [0.2, 0.25) is 0 Å². The van der Waals surface area contributed by atoms with E-state index >= 15 is 0 Å². The minimum atomic E-state index is -2.92. The second-order valence-electron chi connectivity index (χ2n) is 1.86. The van der Waals surface area contributed by atoms with Crippen molar-refractivity contribution in [2.24, 2.45) is 5.90 Å². The van der Waals surface area contributed by atoms with Gasteiger partial charge >= 0.3 is 7.60 Å². The largest absolute Gasteiger partial charge is 0.346 e. The van der Waals surface area contributed by atoms with E-state index in [1.54, 1.807) is 6.92 Å². The van der Waals surface area contributed by atoms with Gasteiger partial charge in [-0.25, -0.2) is 10.5 Å². The van der Waals surface area contributed by atoms with Crippen LogP contribution in [0, 0.1) is 0 Å². The summed E-state index contributed by atoms with van der Waals surface area (Å²) in [6, 6.07) is 0. The molecule has 0 amide bonds. The maximum absolute atomic E-state index is 11.2. The monoisotopic (exact) mass is 167 g/mol. The first-order chi connectivity index (χ1) is 4.68. The van der Waals surface area contributed by atoms with Gasteiger partial charge in [0.1, 0.15) is 0 Å². The standard InChI is InChI=1S/C5H14NO3P/c1-3-5-10(7,9-6)8-4-2/h3-6H2,1-2H3. The van der Waals surface area contributed by atoms with Gasteiger partial charge in [-0.05, 0) is 13.3 Å². The van der Waals surface area contributed by atoms with E-state index < -0.39 is 7.60 Å². The smallest absolute Gasteiger partial charge is 0.308 e. The average Bonchev–Trinajstić information content (AvgIpc) is 1.89. The lowest BCUT2D eigenvalue weighted by molar-refractivity contribution is 0.215. The first-order valence-corrected chi connectivity index (χ1v) is 5.03. The van der Waals surface area contributed by atoms with Crippen LogP contribution < -0.4 is 5.90 Å². The SMILES string of the molecule is CCCP(=O)(ON)OCC. The van der Waals surface area contributed by atoms with Crippen molar-refractivity contribution in [3.63, 3.8) is 0 Å². The second kappa shape index (κ2) is 4.85. The van der Waals surface area contributed by atoms with Crippen LogP contribution in [0.1, 0.15) is 20.3 Å². The van der Waals surface area contributed by atoms with Crippen molar-refractivity contribution < 1.29 is 13.7 Å². The number of hydrogen-bond acceptors (Lipinski definition) is 4. The van der Waals surface area contributed by atoms with Crippen LogP contribution in [-0.2, 0) is 13.7 Å². The van der Waals surface area contributed by atoms with E-state index in [4.69, 9.17) is 10.4 Å².